The van der Waals surface area contributed by atoms with Crippen LogP contribution in [-0.2, 0) is 6.18 Å². The van der Waals surface area contributed by atoms with Crippen LogP contribution in [0.1, 0.15) is 5.69 Å². The molecule has 7 heteroatoms. The highest BCUT2D eigenvalue weighted by Crippen LogP contribution is 2.32. The molecule has 1 N–H and O–H groups in total. The van der Waals surface area contributed by atoms with Gasteiger partial charge >= 0.3 is 11.9 Å². The fourth-order valence-electron chi connectivity index (χ4n) is 1.34. The summed E-state index contributed by atoms with van der Waals surface area (Å²) in [5.41, 5.74) is -2.22. The van der Waals surface area contributed by atoms with Crippen LogP contribution in [0, 0.1) is 0 Å². The van der Waals surface area contributed by atoms with Crippen LogP contribution in [0.25, 0.3) is 10.9 Å². The molecule has 0 aliphatic carbocycles. The van der Waals surface area contributed by atoms with Gasteiger partial charge in [-0.1, -0.05) is 11.6 Å². The molecule has 0 fully saturated rings. The monoisotopic (exact) mass is 248 g/mol. The van der Waals surface area contributed by atoms with Crippen molar-refractivity contribution in [3.05, 3.63) is 39.4 Å². The highest BCUT2D eigenvalue weighted by molar-refractivity contribution is 6.31. The lowest BCUT2D eigenvalue weighted by Gasteiger charge is -2.08. The van der Waals surface area contributed by atoms with Gasteiger partial charge < -0.3 is 4.98 Å². The highest BCUT2D eigenvalue weighted by Gasteiger charge is 2.35. The fraction of sp³-hybridized carbons (Fsp3) is 0.111. The Labute approximate surface area is 91.9 Å². The van der Waals surface area contributed by atoms with Crippen LogP contribution >= 0.6 is 11.6 Å². The number of hydrogen-bond acceptors (Lipinski definition) is 2. The van der Waals surface area contributed by atoms with E-state index in [-0.39, 0.29) is 15.9 Å². The lowest BCUT2D eigenvalue weighted by atomic mass is 10.2. The number of aromatic nitrogens is 2. The zero-order valence-corrected chi connectivity index (χ0v) is 8.36. The van der Waals surface area contributed by atoms with Gasteiger partial charge in [-0.15, -0.1) is 0 Å². The van der Waals surface area contributed by atoms with Crippen LogP contribution in [0.2, 0.25) is 5.02 Å². The molecule has 0 spiro atoms. The number of benzene rings is 1. The summed E-state index contributed by atoms with van der Waals surface area (Å²) in [6.07, 6.45) is -4.68. The number of fused-ring (bicyclic) bond motifs is 1. The number of hydrogen-bond donors (Lipinski definition) is 1. The van der Waals surface area contributed by atoms with Crippen LogP contribution < -0.4 is 5.69 Å². The Morgan fingerprint density at radius 3 is 2.62 bits per heavy atom. The van der Waals surface area contributed by atoms with Crippen LogP contribution in [0.4, 0.5) is 13.2 Å². The molecule has 1 aromatic heterocycles. The Balaban J connectivity index is 2.91. The molecule has 3 nitrogen and oxygen atoms in total. The number of nitrogens with zero attached hydrogens (tertiary/aromatic N) is 1. The molecule has 16 heavy (non-hydrogen) atoms. The third-order valence-electron chi connectivity index (χ3n) is 1.96. The Hall–Kier alpha value is -1.56. The topological polar surface area (TPSA) is 45.8 Å². The van der Waals surface area contributed by atoms with Crippen molar-refractivity contribution < 1.29 is 13.2 Å². The molecule has 2 aromatic rings. The second kappa shape index (κ2) is 3.48. The molecule has 0 amide bonds. The predicted molar refractivity (Wildman–Crippen MR) is 52.4 cm³/mol. The van der Waals surface area contributed by atoms with Crippen molar-refractivity contribution in [3.8, 4) is 0 Å². The predicted octanol–water partition coefficient (Wildman–Crippen LogP) is 2.60. The maximum atomic E-state index is 12.6. The van der Waals surface area contributed by atoms with Crippen molar-refractivity contribution in [3.63, 3.8) is 0 Å². The van der Waals surface area contributed by atoms with Gasteiger partial charge in [0.2, 0.25) is 0 Å². The molecule has 0 saturated heterocycles. The van der Waals surface area contributed by atoms with E-state index in [0.717, 1.165) is 6.07 Å². The summed E-state index contributed by atoms with van der Waals surface area (Å²) in [7, 11) is 0. The minimum atomic E-state index is -4.68. The molecule has 1 heterocycles. The molecular formula is C9H4ClF3N2O. The zero-order chi connectivity index (χ0) is 11.9. The molecule has 2 rings (SSSR count). The first kappa shape index (κ1) is 10.9. The molecule has 1 aromatic carbocycles. The van der Waals surface area contributed by atoms with Gasteiger partial charge in [0.25, 0.3) is 0 Å². The van der Waals surface area contributed by atoms with E-state index < -0.39 is 17.6 Å². The lowest BCUT2D eigenvalue weighted by molar-refractivity contribution is -0.140. The number of H-pyrrole nitrogens is 1. The normalized spacial score (nSPS) is 12.0. The number of nitrogens with one attached hydrogen (secondary N) is 1. The van der Waals surface area contributed by atoms with Crippen molar-refractivity contribution in [2.24, 2.45) is 0 Å². The smallest absolute Gasteiger partial charge is 0.305 e. The number of aromatic amines is 1. The molecule has 0 atom stereocenters. The Kier molecular flexibility index (Phi) is 2.38. The van der Waals surface area contributed by atoms with E-state index in [1.165, 1.54) is 12.1 Å². The average molecular weight is 249 g/mol. The van der Waals surface area contributed by atoms with Crippen molar-refractivity contribution in [2.75, 3.05) is 0 Å². The standard InChI is InChI=1S/C9H4ClF3N2O/c10-4-1-2-6-5(3-4)7(9(11,12)13)15-8(16)14-6/h1-3H,(H,14,15,16). The SMILES string of the molecule is O=c1nc(C(F)(F)F)c2cc(Cl)ccc2[nH]1. The summed E-state index contributed by atoms with van der Waals surface area (Å²) in [5, 5.41) is -0.0774. The molecule has 0 radical (unpaired) electrons. The number of rotatable bonds is 0. The third-order valence-corrected chi connectivity index (χ3v) is 2.20. The molecular weight excluding hydrogens is 245 g/mol. The first-order valence-electron chi connectivity index (χ1n) is 4.15. The summed E-state index contributed by atoms with van der Waals surface area (Å²) >= 11 is 5.59. The van der Waals surface area contributed by atoms with E-state index in [9.17, 15) is 18.0 Å². The van der Waals surface area contributed by atoms with Gasteiger partial charge in [-0.25, -0.2) is 4.79 Å². The van der Waals surface area contributed by atoms with Gasteiger partial charge in [0, 0.05) is 10.4 Å². The zero-order valence-electron chi connectivity index (χ0n) is 7.60. The van der Waals surface area contributed by atoms with Gasteiger partial charge in [0.05, 0.1) is 5.52 Å². The van der Waals surface area contributed by atoms with Crippen molar-refractivity contribution in [1.29, 1.82) is 0 Å². The van der Waals surface area contributed by atoms with Crippen molar-refractivity contribution >= 4 is 22.5 Å². The van der Waals surface area contributed by atoms with Gasteiger partial charge in [-0.3, -0.25) is 0 Å². The lowest BCUT2D eigenvalue weighted by Crippen LogP contribution is -2.19. The van der Waals surface area contributed by atoms with Crippen LogP contribution in [0.15, 0.2) is 23.0 Å². The van der Waals surface area contributed by atoms with E-state index >= 15 is 0 Å². The largest absolute Gasteiger partial charge is 0.434 e. The van der Waals surface area contributed by atoms with Gasteiger partial charge in [-0.05, 0) is 18.2 Å². The second-order valence-corrected chi connectivity index (χ2v) is 3.51. The highest BCUT2D eigenvalue weighted by atomic mass is 35.5. The first-order chi connectivity index (χ1) is 7.38. The van der Waals surface area contributed by atoms with Crippen LogP contribution in [-0.4, -0.2) is 9.97 Å². The Bertz CT molecular complexity index is 606. The molecule has 0 aliphatic heterocycles. The summed E-state index contributed by atoms with van der Waals surface area (Å²) < 4.78 is 37.7. The summed E-state index contributed by atoms with van der Waals surface area (Å²) in [6.45, 7) is 0. The number of halogens is 4. The van der Waals surface area contributed by atoms with Gasteiger partial charge in [0.15, 0.2) is 5.69 Å². The van der Waals surface area contributed by atoms with E-state index in [2.05, 4.69) is 9.97 Å². The minimum absolute atomic E-state index is 0.0525. The Morgan fingerprint density at radius 2 is 2.00 bits per heavy atom. The summed E-state index contributed by atoms with van der Waals surface area (Å²) in [4.78, 5) is 16.1. The van der Waals surface area contributed by atoms with E-state index in [1.807, 2.05) is 0 Å². The van der Waals surface area contributed by atoms with Crippen molar-refractivity contribution in [1.82, 2.24) is 9.97 Å². The second-order valence-electron chi connectivity index (χ2n) is 3.08. The van der Waals surface area contributed by atoms with E-state index in [4.69, 9.17) is 11.6 Å². The maximum absolute atomic E-state index is 12.6. The van der Waals surface area contributed by atoms with Gasteiger partial charge in [-0.2, -0.15) is 18.2 Å². The number of alkyl halides is 3. The molecule has 0 aliphatic rings. The quantitative estimate of drug-likeness (QED) is 0.779. The summed E-state index contributed by atoms with van der Waals surface area (Å²) in [5.74, 6) is 0. The van der Waals surface area contributed by atoms with Crippen LogP contribution in [0.5, 0.6) is 0 Å². The van der Waals surface area contributed by atoms with E-state index in [0.29, 0.717) is 0 Å². The Morgan fingerprint density at radius 1 is 1.31 bits per heavy atom. The fourth-order valence-corrected chi connectivity index (χ4v) is 1.51. The molecule has 84 valence electrons. The van der Waals surface area contributed by atoms with E-state index in [1.54, 1.807) is 0 Å². The summed E-state index contributed by atoms with van der Waals surface area (Å²) in [6, 6.07) is 3.80. The van der Waals surface area contributed by atoms with Gasteiger partial charge in [0.1, 0.15) is 0 Å². The minimum Gasteiger partial charge on any atom is -0.305 e. The maximum Gasteiger partial charge on any atom is 0.434 e. The van der Waals surface area contributed by atoms with Crippen molar-refractivity contribution in [2.45, 2.75) is 6.18 Å². The van der Waals surface area contributed by atoms with Crippen LogP contribution in [0.3, 0.4) is 0 Å². The molecule has 0 unspecified atom stereocenters. The molecule has 0 bridgehead atoms. The third kappa shape index (κ3) is 1.88. The molecule has 0 saturated carbocycles. The average Bonchev–Trinajstić information content (AvgIpc) is 2.16. The first-order valence-corrected chi connectivity index (χ1v) is 4.52.